The van der Waals surface area contributed by atoms with Crippen LogP contribution in [0.3, 0.4) is 0 Å². The van der Waals surface area contributed by atoms with Crippen molar-refractivity contribution in [2.24, 2.45) is 5.73 Å². The molecule has 1 rings (SSSR count). The second-order valence-electron chi connectivity index (χ2n) is 4.66. The van der Waals surface area contributed by atoms with E-state index in [1.54, 1.807) is 12.1 Å². The van der Waals surface area contributed by atoms with Gasteiger partial charge in [0.25, 0.3) is 0 Å². The normalized spacial score (nSPS) is 11.9. The first-order chi connectivity index (χ1) is 8.81. The number of ether oxygens (including phenoxy) is 1. The van der Waals surface area contributed by atoms with Crippen molar-refractivity contribution in [3.05, 3.63) is 28.8 Å². The maximum Gasteiger partial charge on any atom is 0.303 e. The van der Waals surface area contributed by atoms with Crippen molar-refractivity contribution in [1.82, 2.24) is 0 Å². The van der Waals surface area contributed by atoms with Gasteiger partial charge in [-0.25, -0.2) is 0 Å². The van der Waals surface area contributed by atoms with Crippen LogP contribution in [-0.4, -0.2) is 23.1 Å². The minimum Gasteiger partial charge on any atom is -0.490 e. The molecule has 0 aromatic heterocycles. The summed E-state index contributed by atoms with van der Waals surface area (Å²) >= 11 is 0. The quantitative estimate of drug-likeness (QED) is 0.823. The highest BCUT2D eigenvalue weighted by Gasteiger charge is 2.13. The minimum atomic E-state index is -0.840. The van der Waals surface area contributed by atoms with Crippen LogP contribution in [0.15, 0.2) is 12.1 Å². The van der Waals surface area contributed by atoms with Crippen molar-refractivity contribution in [3.63, 3.8) is 0 Å². The Morgan fingerprint density at radius 1 is 1.32 bits per heavy atom. The summed E-state index contributed by atoms with van der Waals surface area (Å²) in [6.45, 7) is 5.49. The molecule has 1 atom stereocenters. The lowest BCUT2D eigenvalue weighted by atomic mass is 10.0. The van der Waals surface area contributed by atoms with Gasteiger partial charge in [0.05, 0.1) is 6.10 Å². The van der Waals surface area contributed by atoms with Crippen LogP contribution < -0.4 is 10.5 Å². The van der Waals surface area contributed by atoms with Gasteiger partial charge in [0.1, 0.15) is 5.75 Å². The van der Waals surface area contributed by atoms with Crippen LogP contribution in [0.4, 0.5) is 0 Å². The van der Waals surface area contributed by atoms with Gasteiger partial charge in [0, 0.05) is 12.0 Å². The summed E-state index contributed by atoms with van der Waals surface area (Å²) in [5.41, 5.74) is 7.32. The summed E-state index contributed by atoms with van der Waals surface area (Å²) in [6.07, 6.45) is 0.303. The number of amides is 1. The number of carbonyl (C=O) groups is 2. The molecule has 19 heavy (non-hydrogen) atoms. The predicted molar refractivity (Wildman–Crippen MR) is 71.4 cm³/mol. The molecule has 0 bridgehead atoms. The highest BCUT2D eigenvalue weighted by Crippen LogP contribution is 2.26. The van der Waals surface area contributed by atoms with Crippen LogP contribution in [0.25, 0.3) is 0 Å². The van der Waals surface area contributed by atoms with Crippen LogP contribution in [0.2, 0.25) is 0 Å². The van der Waals surface area contributed by atoms with Gasteiger partial charge in [0.15, 0.2) is 0 Å². The number of hydrogen-bond donors (Lipinski definition) is 2. The zero-order chi connectivity index (χ0) is 14.6. The first-order valence-corrected chi connectivity index (χ1v) is 6.10. The summed E-state index contributed by atoms with van der Waals surface area (Å²) in [4.78, 5) is 21.6. The van der Waals surface area contributed by atoms with Gasteiger partial charge in [-0.1, -0.05) is 0 Å². The third-order valence-electron chi connectivity index (χ3n) is 2.83. The Morgan fingerprint density at radius 2 is 1.84 bits per heavy atom. The SMILES string of the molecule is Cc1cc(C(N)=O)cc(C)c1OC(C)CCC(=O)O. The number of carboxylic acids is 1. The van der Waals surface area contributed by atoms with Gasteiger partial charge in [-0.2, -0.15) is 0 Å². The molecular weight excluding hydrogens is 246 g/mol. The van der Waals surface area contributed by atoms with E-state index in [1.165, 1.54) is 0 Å². The van der Waals surface area contributed by atoms with Crippen molar-refractivity contribution < 1.29 is 19.4 Å². The fraction of sp³-hybridized carbons (Fsp3) is 0.429. The minimum absolute atomic E-state index is 0.0681. The topological polar surface area (TPSA) is 89.6 Å². The number of nitrogens with two attached hydrogens (primary N) is 1. The van der Waals surface area contributed by atoms with Crippen LogP contribution in [-0.2, 0) is 4.79 Å². The third-order valence-corrected chi connectivity index (χ3v) is 2.83. The van der Waals surface area contributed by atoms with Gasteiger partial charge in [-0.3, -0.25) is 9.59 Å². The van der Waals surface area contributed by atoms with E-state index in [0.29, 0.717) is 17.7 Å². The van der Waals surface area contributed by atoms with E-state index in [9.17, 15) is 9.59 Å². The van der Waals surface area contributed by atoms with Gasteiger partial charge in [-0.05, 0) is 50.5 Å². The van der Waals surface area contributed by atoms with Crippen molar-refractivity contribution in [2.75, 3.05) is 0 Å². The van der Waals surface area contributed by atoms with Crippen molar-refractivity contribution in [2.45, 2.75) is 39.7 Å². The zero-order valence-electron chi connectivity index (χ0n) is 11.4. The van der Waals surface area contributed by atoms with E-state index in [-0.39, 0.29) is 12.5 Å². The van der Waals surface area contributed by atoms with Crippen molar-refractivity contribution in [1.29, 1.82) is 0 Å². The average Bonchev–Trinajstić information content (AvgIpc) is 2.30. The molecule has 0 aliphatic carbocycles. The molecule has 1 unspecified atom stereocenters. The Kier molecular flexibility index (Phi) is 4.92. The molecule has 5 heteroatoms. The fourth-order valence-electron chi connectivity index (χ4n) is 1.87. The number of benzene rings is 1. The van der Waals surface area contributed by atoms with Crippen LogP contribution in [0.1, 0.15) is 41.3 Å². The number of aryl methyl sites for hydroxylation is 2. The van der Waals surface area contributed by atoms with Gasteiger partial charge in [-0.15, -0.1) is 0 Å². The molecule has 3 N–H and O–H groups in total. The lowest BCUT2D eigenvalue weighted by Gasteiger charge is -2.18. The van der Waals surface area contributed by atoms with E-state index in [4.69, 9.17) is 15.6 Å². The second-order valence-corrected chi connectivity index (χ2v) is 4.66. The molecule has 1 aromatic rings. The molecule has 0 heterocycles. The monoisotopic (exact) mass is 265 g/mol. The lowest BCUT2D eigenvalue weighted by molar-refractivity contribution is -0.137. The maximum atomic E-state index is 11.1. The fourth-order valence-corrected chi connectivity index (χ4v) is 1.87. The Labute approximate surface area is 112 Å². The third kappa shape index (κ3) is 4.28. The predicted octanol–water partition coefficient (Wildman–Crippen LogP) is 2.03. The Hall–Kier alpha value is -2.04. The molecule has 0 spiro atoms. The molecule has 5 nitrogen and oxygen atoms in total. The molecule has 0 saturated heterocycles. The number of carboxylic acid groups (broad SMARTS) is 1. The average molecular weight is 265 g/mol. The first kappa shape index (κ1) is 15.0. The number of rotatable bonds is 6. The molecule has 0 aliphatic rings. The van der Waals surface area contributed by atoms with Crippen molar-refractivity contribution in [3.8, 4) is 5.75 Å². The van der Waals surface area contributed by atoms with Crippen molar-refractivity contribution >= 4 is 11.9 Å². The van der Waals surface area contributed by atoms with E-state index >= 15 is 0 Å². The second kappa shape index (κ2) is 6.22. The molecule has 0 aliphatic heterocycles. The summed E-state index contributed by atoms with van der Waals surface area (Å²) in [5.74, 6) is -0.632. The number of primary amides is 1. The molecule has 0 radical (unpaired) electrons. The van der Waals surface area contributed by atoms with Crippen LogP contribution in [0, 0.1) is 13.8 Å². The number of carbonyl (C=O) groups excluding carboxylic acids is 1. The summed E-state index contributed by atoms with van der Waals surface area (Å²) in [5, 5.41) is 8.63. The zero-order valence-corrected chi connectivity index (χ0v) is 11.4. The van der Waals surface area contributed by atoms with Crippen LogP contribution >= 0.6 is 0 Å². The van der Waals surface area contributed by atoms with Crippen LogP contribution in [0.5, 0.6) is 5.75 Å². The summed E-state index contributed by atoms with van der Waals surface area (Å²) < 4.78 is 5.75. The van der Waals surface area contributed by atoms with E-state index in [2.05, 4.69) is 0 Å². The Bertz CT molecular complexity index is 473. The highest BCUT2D eigenvalue weighted by atomic mass is 16.5. The van der Waals surface area contributed by atoms with E-state index < -0.39 is 11.9 Å². The largest absolute Gasteiger partial charge is 0.490 e. The van der Waals surface area contributed by atoms with E-state index in [0.717, 1.165) is 11.1 Å². The molecule has 0 fully saturated rings. The van der Waals surface area contributed by atoms with E-state index in [1.807, 2.05) is 20.8 Å². The lowest BCUT2D eigenvalue weighted by Crippen LogP contribution is -2.16. The number of hydrogen-bond acceptors (Lipinski definition) is 3. The molecular formula is C14H19NO4. The summed E-state index contributed by atoms with van der Waals surface area (Å²) in [6, 6.07) is 3.35. The highest BCUT2D eigenvalue weighted by molar-refractivity contribution is 5.93. The summed E-state index contributed by atoms with van der Waals surface area (Å²) in [7, 11) is 0. The smallest absolute Gasteiger partial charge is 0.303 e. The Balaban J connectivity index is 2.84. The molecule has 1 amide bonds. The standard InChI is InChI=1S/C14H19NO4/c1-8-6-11(14(15)18)7-9(2)13(8)19-10(3)4-5-12(16)17/h6-7,10H,4-5H2,1-3H3,(H2,15,18)(H,16,17). The van der Waals surface area contributed by atoms with Gasteiger partial charge >= 0.3 is 5.97 Å². The Morgan fingerprint density at radius 3 is 2.26 bits per heavy atom. The molecule has 1 aromatic carbocycles. The maximum absolute atomic E-state index is 11.1. The van der Waals surface area contributed by atoms with Gasteiger partial charge < -0.3 is 15.6 Å². The molecule has 0 saturated carbocycles. The first-order valence-electron chi connectivity index (χ1n) is 6.10. The molecule has 104 valence electrons. The number of aliphatic carboxylic acids is 1. The van der Waals surface area contributed by atoms with Gasteiger partial charge in [0.2, 0.25) is 5.91 Å².